The van der Waals surface area contributed by atoms with Crippen molar-refractivity contribution in [3.8, 4) is 11.5 Å². The number of carbonyl (C=O) groups is 1. The first-order valence-electron chi connectivity index (χ1n) is 7.89. The first-order valence-corrected chi connectivity index (χ1v) is 9.32. The van der Waals surface area contributed by atoms with Gasteiger partial charge in [-0.1, -0.05) is 11.6 Å². The molecule has 1 atom stereocenters. The number of anilines is 1. The summed E-state index contributed by atoms with van der Waals surface area (Å²) in [6, 6.07) is 9.35. The van der Waals surface area contributed by atoms with Crippen molar-refractivity contribution in [3.05, 3.63) is 52.8 Å². The summed E-state index contributed by atoms with van der Waals surface area (Å²) in [4.78, 5) is 14.4. The summed E-state index contributed by atoms with van der Waals surface area (Å²) in [5.41, 5.74) is 1.34. The molecule has 1 aliphatic rings. The molecule has 0 aromatic heterocycles. The molecule has 8 heteroatoms. The lowest BCUT2D eigenvalue weighted by molar-refractivity contribution is 0.213. The van der Waals surface area contributed by atoms with Crippen LogP contribution in [0.4, 0.5) is 14.9 Å². The molecule has 26 heavy (non-hydrogen) atoms. The lowest BCUT2D eigenvalue weighted by Gasteiger charge is -2.26. The molecule has 3 rings (SSSR count). The van der Waals surface area contributed by atoms with Gasteiger partial charge in [0.1, 0.15) is 22.7 Å². The Morgan fingerprint density at radius 3 is 2.77 bits per heavy atom. The fraction of sp³-hybridized carbons (Fsp3) is 0.278. The SMILES string of the molecule is COc1ccc([C@H]2SCCN2C(=O)Nc2ccc(F)c(Cl)c2)c(OC)c1. The van der Waals surface area contributed by atoms with E-state index in [1.54, 1.807) is 36.9 Å². The van der Waals surface area contributed by atoms with Crippen molar-refractivity contribution in [1.29, 1.82) is 0 Å². The maximum Gasteiger partial charge on any atom is 0.323 e. The van der Waals surface area contributed by atoms with Crippen LogP contribution in [0.15, 0.2) is 36.4 Å². The molecular formula is C18H18ClFN2O3S. The highest BCUT2D eigenvalue weighted by atomic mass is 35.5. The number of hydrogen-bond acceptors (Lipinski definition) is 4. The van der Waals surface area contributed by atoms with Crippen molar-refractivity contribution in [2.75, 3.05) is 31.8 Å². The summed E-state index contributed by atoms with van der Waals surface area (Å²) >= 11 is 7.43. The number of rotatable bonds is 4. The number of nitrogens with zero attached hydrogens (tertiary/aromatic N) is 1. The second-order valence-corrected chi connectivity index (χ2v) is 7.18. The summed E-state index contributed by atoms with van der Waals surface area (Å²) in [6.07, 6.45) is 0. The number of methoxy groups -OCH3 is 2. The monoisotopic (exact) mass is 396 g/mol. The van der Waals surface area contributed by atoms with Crippen molar-refractivity contribution in [3.63, 3.8) is 0 Å². The van der Waals surface area contributed by atoms with Gasteiger partial charge in [0.2, 0.25) is 0 Å². The third kappa shape index (κ3) is 3.83. The molecule has 0 spiro atoms. The lowest BCUT2D eigenvalue weighted by atomic mass is 10.1. The summed E-state index contributed by atoms with van der Waals surface area (Å²) in [6.45, 7) is 0.589. The van der Waals surface area contributed by atoms with E-state index < -0.39 is 5.82 Å². The van der Waals surface area contributed by atoms with Crippen LogP contribution in [-0.2, 0) is 0 Å². The zero-order chi connectivity index (χ0) is 18.7. The average molecular weight is 397 g/mol. The van der Waals surface area contributed by atoms with Crippen LogP contribution in [0.5, 0.6) is 11.5 Å². The van der Waals surface area contributed by atoms with Crippen molar-refractivity contribution < 1.29 is 18.7 Å². The van der Waals surface area contributed by atoms with Gasteiger partial charge in [0.05, 0.1) is 19.2 Å². The number of amides is 2. The molecule has 2 amide bonds. The number of thioether (sulfide) groups is 1. The number of nitrogens with one attached hydrogen (secondary N) is 1. The van der Waals surface area contributed by atoms with Crippen LogP contribution in [0.1, 0.15) is 10.9 Å². The fourth-order valence-corrected chi connectivity index (χ4v) is 4.19. The minimum absolute atomic E-state index is 0.0352. The quantitative estimate of drug-likeness (QED) is 0.808. The first-order chi connectivity index (χ1) is 12.5. The Bertz CT molecular complexity index is 821. The molecule has 0 unspecified atom stereocenters. The third-order valence-corrected chi connectivity index (χ3v) is 5.56. The minimum atomic E-state index is -0.526. The van der Waals surface area contributed by atoms with Crippen LogP contribution >= 0.6 is 23.4 Å². The number of halogens is 2. The van der Waals surface area contributed by atoms with Gasteiger partial charge in [0, 0.05) is 29.6 Å². The molecule has 138 valence electrons. The van der Waals surface area contributed by atoms with E-state index >= 15 is 0 Å². The minimum Gasteiger partial charge on any atom is -0.497 e. The van der Waals surface area contributed by atoms with E-state index in [2.05, 4.69) is 5.32 Å². The third-order valence-electron chi connectivity index (χ3n) is 4.03. The van der Waals surface area contributed by atoms with Gasteiger partial charge in [-0.2, -0.15) is 0 Å². The molecule has 1 heterocycles. The van der Waals surface area contributed by atoms with E-state index in [-0.39, 0.29) is 16.4 Å². The molecule has 0 saturated carbocycles. The summed E-state index contributed by atoms with van der Waals surface area (Å²) in [5.74, 6) is 1.62. The molecule has 1 aliphatic heterocycles. The van der Waals surface area contributed by atoms with E-state index in [1.807, 2.05) is 12.1 Å². The Hall–Kier alpha value is -2.12. The van der Waals surface area contributed by atoms with E-state index in [1.165, 1.54) is 18.2 Å². The van der Waals surface area contributed by atoms with Gasteiger partial charge < -0.3 is 19.7 Å². The molecule has 1 N–H and O–H groups in total. The maximum atomic E-state index is 13.3. The van der Waals surface area contributed by atoms with Crippen molar-refractivity contribution in [2.24, 2.45) is 0 Å². The predicted octanol–water partition coefficient (Wildman–Crippen LogP) is 4.78. The Kier molecular flexibility index (Phi) is 5.78. The van der Waals surface area contributed by atoms with Gasteiger partial charge in [0.25, 0.3) is 0 Å². The molecule has 1 fully saturated rings. The van der Waals surface area contributed by atoms with E-state index in [0.29, 0.717) is 23.7 Å². The Morgan fingerprint density at radius 1 is 1.27 bits per heavy atom. The fourth-order valence-electron chi connectivity index (χ4n) is 2.73. The normalized spacial score (nSPS) is 16.5. The van der Waals surface area contributed by atoms with Crippen LogP contribution in [0.3, 0.4) is 0 Å². The second-order valence-electron chi connectivity index (χ2n) is 5.58. The largest absolute Gasteiger partial charge is 0.497 e. The van der Waals surface area contributed by atoms with E-state index in [0.717, 1.165) is 11.3 Å². The number of carbonyl (C=O) groups excluding carboxylic acids is 1. The summed E-state index contributed by atoms with van der Waals surface area (Å²) in [7, 11) is 3.18. The van der Waals surface area contributed by atoms with Gasteiger partial charge in [-0.25, -0.2) is 9.18 Å². The predicted molar refractivity (Wildman–Crippen MR) is 102 cm³/mol. The molecule has 2 aromatic carbocycles. The van der Waals surface area contributed by atoms with E-state index in [4.69, 9.17) is 21.1 Å². The topological polar surface area (TPSA) is 50.8 Å². The second kappa shape index (κ2) is 8.05. The number of ether oxygens (including phenoxy) is 2. The molecule has 0 radical (unpaired) electrons. The molecule has 0 aliphatic carbocycles. The average Bonchev–Trinajstić information content (AvgIpc) is 3.13. The van der Waals surface area contributed by atoms with Crippen LogP contribution in [-0.4, -0.2) is 37.4 Å². The Balaban J connectivity index is 1.81. The van der Waals surface area contributed by atoms with Crippen molar-refractivity contribution in [1.82, 2.24) is 4.90 Å². The zero-order valence-corrected chi connectivity index (χ0v) is 15.9. The molecule has 1 saturated heterocycles. The van der Waals surface area contributed by atoms with Gasteiger partial charge in [-0.3, -0.25) is 0 Å². The standard InChI is InChI=1S/C18H18ClFN2O3S/c1-24-12-4-5-13(16(10-12)25-2)17-22(7-8-26-17)18(23)21-11-3-6-15(20)14(19)9-11/h3-6,9-10,17H,7-8H2,1-2H3,(H,21,23)/t17-/m1/s1. The number of urea groups is 1. The van der Waals surface area contributed by atoms with Gasteiger partial charge in [0.15, 0.2) is 0 Å². The maximum absolute atomic E-state index is 13.3. The van der Waals surface area contributed by atoms with Crippen LogP contribution in [0.2, 0.25) is 5.02 Å². The molecular weight excluding hydrogens is 379 g/mol. The Labute approximate surface area is 160 Å². The molecule has 2 aromatic rings. The summed E-state index contributed by atoms with van der Waals surface area (Å²) in [5, 5.41) is 2.55. The highest BCUT2D eigenvalue weighted by Crippen LogP contribution is 2.43. The summed E-state index contributed by atoms with van der Waals surface area (Å²) < 4.78 is 24.0. The van der Waals surface area contributed by atoms with Gasteiger partial charge in [-0.05, 0) is 30.3 Å². The molecule has 0 bridgehead atoms. The lowest BCUT2D eigenvalue weighted by Crippen LogP contribution is -2.34. The number of benzene rings is 2. The van der Waals surface area contributed by atoms with Crippen LogP contribution in [0.25, 0.3) is 0 Å². The van der Waals surface area contributed by atoms with Crippen molar-refractivity contribution >= 4 is 35.1 Å². The van der Waals surface area contributed by atoms with Crippen LogP contribution in [0, 0.1) is 5.82 Å². The molecule has 5 nitrogen and oxygen atoms in total. The van der Waals surface area contributed by atoms with Crippen molar-refractivity contribution in [2.45, 2.75) is 5.37 Å². The smallest absolute Gasteiger partial charge is 0.323 e. The Morgan fingerprint density at radius 2 is 2.08 bits per heavy atom. The van der Waals surface area contributed by atoms with E-state index in [9.17, 15) is 9.18 Å². The van der Waals surface area contributed by atoms with Crippen LogP contribution < -0.4 is 14.8 Å². The highest BCUT2D eigenvalue weighted by molar-refractivity contribution is 7.99. The number of hydrogen-bond donors (Lipinski definition) is 1. The first kappa shape index (κ1) is 18.7. The van der Waals surface area contributed by atoms with Gasteiger partial charge in [-0.15, -0.1) is 11.8 Å². The zero-order valence-electron chi connectivity index (χ0n) is 14.3. The highest BCUT2D eigenvalue weighted by Gasteiger charge is 2.33. The van der Waals surface area contributed by atoms with Gasteiger partial charge >= 0.3 is 6.03 Å².